The second-order valence-corrected chi connectivity index (χ2v) is 3.28. The summed E-state index contributed by atoms with van der Waals surface area (Å²) >= 11 is 0. The van der Waals surface area contributed by atoms with Crippen molar-refractivity contribution >= 4 is 27.6 Å². The number of hydrogen-bond acceptors (Lipinski definition) is 2. The topological polar surface area (TPSA) is 54.7 Å². The van der Waals surface area contributed by atoms with Gasteiger partial charge in [0.15, 0.2) is 0 Å². The third-order valence-electron chi connectivity index (χ3n) is 2.43. The van der Waals surface area contributed by atoms with Gasteiger partial charge < -0.3 is 10.7 Å². The molecule has 0 atom stereocenters. The number of aromatic nitrogens is 2. The van der Waals surface area contributed by atoms with Crippen molar-refractivity contribution in [2.45, 2.75) is 0 Å². The van der Waals surface area contributed by atoms with Crippen LogP contribution in [0.4, 0.5) is 5.69 Å². The fourth-order valence-corrected chi connectivity index (χ4v) is 1.74. The van der Waals surface area contributed by atoms with Crippen LogP contribution in [0, 0.1) is 0 Å². The van der Waals surface area contributed by atoms with Crippen LogP contribution in [0.5, 0.6) is 0 Å². The van der Waals surface area contributed by atoms with Gasteiger partial charge >= 0.3 is 0 Å². The highest BCUT2D eigenvalue weighted by Gasteiger charge is 2.05. The normalized spacial score (nSPS) is 11.1. The summed E-state index contributed by atoms with van der Waals surface area (Å²) in [6, 6.07) is 9.79. The van der Waals surface area contributed by atoms with Crippen molar-refractivity contribution in [1.29, 1.82) is 0 Å². The Morgan fingerprint density at radius 1 is 1.07 bits per heavy atom. The van der Waals surface area contributed by atoms with E-state index in [2.05, 4.69) is 9.97 Å². The van der Waals surface area contributed by atoms with E-state index in [-0.39, 0.29) is 0 Å². The number of hydrogen-bond donors (Lipinski definition) is 2. The summed E-state index contributed by atoms with van der Waals surface area (Å²) in [4.78, 5) is 7.60. The molecule has 2 heterocycles. The maximum atomic E-state index is 6.03. The minimum Gasteiger partial charge on any atom is -0.396 e. The molecule has 0 fully saturated rings. The summed E-state index contributed by atoms with van der Waals surface area (Å²) in [6.45, 7) is 0. The zero-order valence-corrected chi connectivity index (χ0v) is 7.49. The lowest BCUT2D eigenvalue weighted by Gasteiger charge is -2.02. The van der Waals surface area contributed by atoms with E-state index in [1.165, 1.54) is 0 Å². The van der Waals surface area contributed by atoms with E-state index in [1.807, 2.05) is 36.5 Å². The number of nitrogens with zero attached hydrogens (tertiary/aromatic N) is 1. The Morgan fingerprint density at radius 3 is 2.86 bits per heavy atom. The molecule has 0 unspecified atom stereocenters. The molecule has 2 aromatic heterocycles. The Hall–Kier alpha value is -2.03. The Balaban J connectivity index is 2.63. The van der Waals surface area contributed by atoms with Crippen molar-refractivity contribution in [2.75, 3.05) is 5.73 Å². The molecule has 0 radical (unpaired) electrons. The molecule has 0 saturated carbocycles. The Kier molecular flexibility index (Phi) is 1.31. The van der Waals surface area contributed by atoms with Crippen molar-refractivity contribution in [1.82, 2.24) is 9.97 Å². The molecule has 3 nitrogen and oxygen atoms in total. The van der Waals surface area contributed by atoms with E-state index in [9.17, 15) is 0 Å². The van der Waals surface area contributed by atoms with Gasteiger partial charge in [-0.25, -0.2) is 4.98 Å². The molecule has 3 aromatic rings. The van der Waals surface area contributed by atoms with Crippen LogP contribution in [0.3, 0.4) is 0 Å². The molecule has 0 saturated heterocycles. The predicted molar refractivity (Wildman–Crippen MR) is 58.0 cm³/mol. The smallest absolute Gasteiger partial charge is 0.0893 e. The van der Waals surface area contributed by atoms with Crippen molar-refractivity contribution in [2.24, 2.45) is 0 Å². The largest absolute Gasteiger partial charge is 0.396 e. The zero-order valence-electron chi connectivity index (χ0n) is 7.49. The van der Waals surface area contributed by atoms with Gasteiger partial charge in [0.1, 0.15) is 0 Å². The lowest BCUT2D eigenvalue weighted by Crippen LogP contribution is -1.92. The Labute approximate surface area is 80.6 Å². The average molecular weight is 183 g/mol. The van der Waals surface area contributed by atoms with Crippen molar-refractivity contribution in [3.8, 4) is 0 Å². The first-order chi connectivity index (χ1) is 6.86. The molecule has 0 aliphatic heterocycles. The first kappa shape index (κ1) is 7.38. The van der Waals surface area contributed by atoms with Crippen LogP contribution in [0.15, 0.2) is 36.5 Å². The van der Waals surface area contributed by atoms with Crippen molar-refractivity contribution in [3.63, 3.8) is 0 Å². The van der Waals surface area contributed by atoms with Crippen LogP contribution in [-0.4, -0.2) is 9.97 Å². The monoisotopic (exact) mass is 183 g/mol. The molecule has 0 aliphatic carbocycles. The molecule has 68 valence electrons. The van der Waals surface area contributed by atoms with Crippen molar-refractivity contribution < 1.29 is 0 Å². The van der Waals surface area contributed by atoms with Crippen LogP contribution in [0.25, 0.3) is 21.9 Å². The second kappa shape index (κ2) is 2.48. The number of nitrogens with two attached hydrogens (primary N) is 1. The lowest BCUT2D eigenvalue weighted by molar-refractivity contribution is 1.38. The standard InChI is InChI=1S/C11H9N3/c12-10-7-3-1-4-8(7)14-9-5-2-6-13-11(9)10/h1-6,13H,12H2. The fourth-order valence-electron chi connectivity index (χ4n) is 1.74. The highest BCUT2D eigenvalue weighted by Crippen LogP contribution is 2.26. The number of rotatable bonds is 0. The Morgan fingerprint density at radius 2 is 1.93 bits per heavy atom. The van der Waals surface area contributed by atoms with Gasteiger partial charge in [-0.1, -0.05) is 12.1 Å². The van der Waals surface area contributed by atoms with Crippen LogP contribution < -0.4 is 5.73 Å². The van der Waals surface area contributed by atoms with Gasteiger partial charge in [0.05, 0.1) is 22.2 Å². The van der Waals surface area contributed by atoms with Crippen molar-refractivity contribution in [3.05, 3.63) is 36.5 Å². The van der Waals surface area contributed by atoms with E-state index in [1.54, 1.807) is 0 Å². The maximum Gasteiger partial charge on any atom is 0.0893 e. The number of H-pyrrole nitrogens is 1. The molecule has 0 aliphatic rings. The summed E-state index contributed by atoms with van der Waals surface area (Å²) in [7, 11) is 0. The van der Waals surface area contributed by atoms with Gasteiger partial charge in [0.2, 0.25) is 0 Å². The molecule has 3 rings (SSSR count). The van der Waals surface area contributed by atoms with Crippen LogP contribution in [0.1, 0.15) is 0 Å². The van der Waals surface area contributed by atoms with Gasteiger partial charge in [0, 0.05) is 11.6 Å². The summed E-state index contributed by atoms with van der Waals surface area (Å²) in [5.74, 6) is 0. The minimum atomic E-state index is 0.774. The molecule has 3 heteroatoms. The lowest BCUT2D eigenvalue weighted by atomic mass is 10.2. The Bertz CT molecular complexity index is 610. The second-order valence-electron chi connectivity index (χ2n) is 3.28. The SMILES string of the molecule is Nc1c2cccc2nc2ccc[nH]c12. The van der Waals surface area contributed by atoms with Gasteiger partial charge in [0.25, 0.3) is 0 Å². The highest BCUT2D eigenvalue weighted by molar-refractivity contribution is 6.04. The van der Waals surface area contributed by atoms with Gasteiger partial charge in [-0.3, -0.25) is 0 Å². The highest BCUT2D eigenvalue weighted by atomic mass is 14.8. The molecular formula is C11H9N3. The fraction of sp³-hybridized carbons (Fsp3) is 0. The number of nitrogens with one attached hydrogen (secondary N) is 1. The maximum absolute atomic E-state index is 6.03. The number of nitrogen functional groups attached to an aromatic ring is 1. The molecule has 1 aromatic carbocycles. The molecule has 0 amide bonds. The van der Waals surface area contributed by atoms with E-state index < -0.39 is 0 Å². The van der Waals surface area contributed by atoms with E-state index >= 15 is 0 Å². The molecule has 0 spiro atoms. The quantitative estimate of drug-likeness (QED) is 0.561. The van der Waals surface area contributed by atoms with Gasteiger partial charge in [-0.2, -0.15) is 0 Å². The molecular weight excluding hydrogens is 174 g/mol. The molecule has 3 N–H and O–H groups in total. The summed E-state index contributed by atoms with van der Waals surface area (Å²) in [5, 5.41) is 1.01. The summed E-state index contributed by atoms with van der Waals surface area (Å²) in [6.07, 6.45) is 1.86. The molecule has 0 bridgehead atoms. The number of anilines is 1. The van der Waals surface area contributed by atoms with Crippen LogP contribution in [0.2, 0.25) is 0 Å². The van der Waals surface area contributed by atoms with Gasteiger partial charge in [-0.15, -0.1) is 0 Å². The van der Waals surface area contributed by atoms with Gasteiger partial charge in [-0.05, 0) is 18.2 Å². The van der Waals surface area contributed by atoms with Crippen LogP contribution >= 0.6 is 0 Å². The third kappa shape index (κ3) is 0.836. The first-order valence-corrected chi connectivity index (χ1v) is 4.47. The first-order valence-electron chi connectivity index (χ1n) is 4.47. The summed E-state index contributed by atoms with van der Waals surface area (Å²) in [5.41, 5.74) is 9.57. The van der Waals surface area contributed by atoms with E-state index in [4.69, 9.17) is 5.73 Å². The zero-order chi connectivity index (χ0) is 9.54. The third-order valence-corrected chi connectivity index (χ3v) is 2.43. The number of aromatic amines is 1. The summed E-state index contributed by atoms with van der Waals surface area (Å²) < 4.78 is 0. The van der Waals surface area contributed by atoms with E-state index in [0.717, 1.165) is 27.6 Å². The van der Waals surface area contributed by atoms with E-state index in [0.29, 0.717) is 0 Å². The average Bonchev–Trinajstić information content (AvgIpc) is 2.66. The minimum absolute atomic E-state index is 0.774. The predicted octanol–water partition coefficient (Wildman–Crippen LogP) is 2.30. The number of pyridine rings is 2. The molecule has 14 heavy (non-hydrogen) atoms. The number of fused-ring (bicyclic) bond motifs is 2. The van der Waals surface area contributed by atoms with Crippen LogP contribution in [-0.2, 0) is 0 Å².